The van der Waals surface area contributed by atoms with Crippen molar-refractivity contribution in [1.82, 2.24) is 0 Å². The van der Waals surface area contributed by atoms with Gasteiger partial charge in [0.1, 0.15) is 17.4 Å². The molecular formula is C10H6F2INO3. The lowest BCUT2D eigenvalue weighted by molar-refractivity contribution is -0.0504. The molecule has 0 aromatic heterocycles. The molecule has 1 rings (SSSR count). The number of rotatable bonds is 3. The van der Waals surface area contributed by atoms with E-state index in [1.54, 1.807) is 0 Å². The monoisotopic (exact) mass is 353 g/mol. The second-order valence-corrected chi connectivity index (χ2v) is 3.97. The van der Waals surface area contributed by atoms with E-state index in [2.05, 4.69) is 9.47 Å². The highest BCUT2D eigenvalue weighted by Gasteiger charge is 2.19. The highest BCUT2D eigenvalue weighted by molar-refractivity contribution is 14.1. The third-order valence-corrected chi connectivity index (χ3v) is 2.70. The summed E-state index contributed by atoms with van der Waals surface area (Å²) in [5.41, 5.74) is 0.00473. The number of methoxy groups -OCH3 is 1. The van der Waals surface area contributed by atoms with Gasteiger partial charge in [0.2, 0.25) is 0 Å². The summed E-state index contributed by atoms with van der Waals surface area (Å²) in [7, 11) is 1.12. The van der Waals surface area contributed by atoms with E-state index < -0.39 is 12.6 Å². The summed E-state index contributed by atoms with van der Waals surface area (Å²) in [6.07, 6.45) is 0. The van der Waals surface area contributed by atoms with E-state index in [1.165, 1.54) is 6.07 Å². The van der Waals surface area contributed by atoms with Crippen molar-refractivity contribution < 1.29 is 23.0 Å². The van der Waals surface area contributed by atoms with Crippen LogP contribution in [0, 0.1) is 14.9 Å². The summed E-state index contributed by atoms with van der Waals surface area (Å²) in [6.45, 7) is -3.08. The van der Waals surface area contributed by atoms with Crippen molar-refractivity contribution in [2.75, 3.05) is 7.11 Å². The lowest BCUT2D eigenvalue weighted by Gasteiger charge is -2.10. The number of hydrogen-bond donors (Lipinski definition) is 0. The van der Waals surface area contributed by atoms with E-state index in [-0.39, 0.29) is 16.9 Å². The molecule has 0 amide bonds. The Bertz CT molecular complexity index is 485. The van der Waals surface area contributed by atoms with Gasteiger partial charge in [-0.25, -0.2) is 4.79 Å². The second kappa shape index (κ2) is 5.77. The Morgan fingerprint density at radius 3 is 2.65 bits per heavy atom. The molecule has 0 unspecified atom stereocenters. The van der Waals surface area contributed by atoms with Crippen molar-refractivity contribution in [3.63, 3.8) is 0 Å². The van der Waals surface area contributed by atoms with Crippen molar-refractivity contribution >= 4 is 28.6 Å². The molecule has 0 fully saturated rings. The second-order valence-electron chi connectivity index (χ2n) is 2.81. The molecule has 0 N–H and O–H groups in total. The Hall–Kier alpha value is -1.43. The number of benzene rings is 1. The minimum absolute atomic E-state index is 0.142. The molecule has 4 nitrogen and oxygen atoms in total. The van der Waals surface area contributed by atoms with Crippen LogP contribution in [-0.2, 0) is 4.74 Å². The third-order valence-electron chi connectivity index (χ3n) is 1.81. The minimum Gasteiger partial charge on any atom is -0.465 e. The predicted octanol–water partition coefficient (Wildman–Crippen LogP) is 2.55. The minimum atomic E-state index is -3.08. The van der Waals surface area contributed by atoms with Crippen LogP contribution in [0.5, 0.6) is 5.75 Å². The van der Waals surface area contributed by atoms with Gasteiger partial charge in [-0.2, -0.15) is 14.0 Å². The fourth-order valence-electron chi connectivity index (χ4n) is 1.10. The summed E-state index contributed by atoms with van der Waals surface area (Å²) in [5.74, 6) is -1.17. The van der Waals surface area contributed by atoms with Gasteiger partial charge in [0.25, 0.3) is 0 Å². The first kappa shape index (κ1) is 13.6. The van der Waals surface area contributed by atoms with Gasteiger partial charge in [-0.1, -0.05) is 0 Å². The molecule has 0 heterocycles. The molecule has 0 saturated carbocycles. The number of carbonyl (C=O) groups excluding carboxylic acids is 1. The molecular weight excluding hydrogens is 347 g/mol. The Labute approximate surface area is 109 Å². The Morgan fingerprint density at radius 1 is 1.53 bits per heavy atom. The van der Waals surface area contributed by atoms with Gasteiger partial charge in [0.15, 0.2) is 0 Å². The zero-order valence-corrected chi connectivity index (χ0v) is 10.7. The number of nitrogens with zero attached hydrogens (tertiary/aromatic N) is 1. The zero-order chi connectivity index (χ0) is 13.0. The first-order valence-corrected chi connectivity index (χ1v) is 5.34. The number of esters is 1. The maximum absolute atomic E-state index is 12.1. The third kappa shape index (κ3) is 3.26. The molecule has 1 aromatic rings. The van der Waals surface area contributed by atoms with Crippen molar-refractivity contribution in [3.05, 3.63) is 26.8 Å². The van der Waals surface area contributed by atoms with Gasteiger partial charge in [-0.3, -0.25) is 0 Å². The van der Waals surface area contributed by atoms with Gasteiger partial charge >= 0.3 is 12.6 Å². The van der Waals surface area contributed by atoms with E-state index in [0.29, 0.717) is 3.57 Å². The lowest BCUT2D eigenvalue weighted by Crippen LogP contribution is -2.10. The topological polar surface area (TPSA) is 59.3 Å². The smallest absolute Gasteiger partial charge is 0.387 e. The molecule has 7 heteroatoms. The molecule has 0 aliphatic carbocycles. The SMILES string of the molecule is COC(=O)c1cc(I)c(C#N)cc1OC(F)F. The summed E-state index contributed by atoms with van der Waals surface area (Å²) >= 11 is 1.81. The van der Waals surface area contributed by atoms with Crippen LogP contribution in [0.4, 0.5) is 8.78 Å². The zero-order valence-electron chi connectivity index (χ0n) is 8.54. The van der Waals surface area contributed by atoms with Crippen molar-refractivity contribution in [2.45, 2.75) is 6.61 Å². The van der Waals surface area contributed by atoms with Crippen LogP contribution >= 0.6 is 22.6 Å². The first-order valence-electron chi connectivity index (χ1n) is 4.26. The van der Waals surface area contributed by atoms with Gasteiger partial charge in [-0.05, 0) is 28.7 Å². The molecule has 0 aliphatic heterocycles. The summed E-state index contributed by atoms with van der Waals surface area (Å²) in [6, 6.07) is 4.16. The standard InChI is InChI=1S/C10H6F2INO3/c1-16-9(15)6-3-7(13)5(4-14)2-8(6)17-10(11)12/h2-3,10H,1H3. The van der Waals surface area contributed by atoms with Gasteiger partial charge in [0, 0.05) is 9.64 Å². The Balaban J connectivity index is 3.31. The number of ether oxygens (including phenoxy) is 2. The predicted molar refractivity (Wildman–Crippen MR) is 61.8 cm³/mol. The average molecular weight is 353 g/mol. The molecule has 0 saturated heterocycles. The summed E-state index contributed by atoms with van der Waals surface area (Å²) in [4.78, 5) is 11.3. The lowest BCUT2D eigenvalue weighted by atomic mass is 10.1. The van der Waals surface area contributed by atoms with E-state index in [0.717, 1.165) is 13.2 Å². The van der Waals surface area contributed by atoms with Crippen LogP contribution < -0.4 is 4.74 Å². The van der Waals surface area contributed by atoms with Gasteiger partial charge in [-0.15, -0.1) is 0 Å². The average Bonchev–Trinajstić information content (AvgIpc) is 2.29. The molecule has 0 atom stereocenters. The van der Waals surface area contributed by atoms with E-state index in [9.17, 15) is 13.6 Å². The molecule has 0 spiro atoms. The van der Waals surface area contributed by atoms with Crippen molar-refractivity contribution in [3.8, 4) is 11.8 Å². The quantitative estimate of drug-likeness (QED) is 0.619. The fraction of sp³-hybridized carbons (Fsp3) is 0.200. The van der Waals surface area contributed by atoms with Crippen molar-refractivity contribution in [2.24, 2.45) is 0 Å². The maximum Gasteiger partial charge on any atom is 0.387 e. The number of nitriles is 1. The van der Waals surface area contributed by atoms with E-state index in [1.807, 2.05) is 28.7 Å². The van der Waals surface area contributed by atoms with Gasteiger partial charge in [0.05, 0.1) is 12.7 Å². The molecule has 17 heavy (non-hydrogen) atoms. The van der Waals surface area contributed by atoms with Crippen LogP contribution in [0.15, 0.2) is 12.1 Å². The Kier molecular flexibility index (Phi) is 4.62. The normalized spacial score (nSPS) is 9.88. The number of alkyl halides is 2. The van der Waals surface area contributed by atoms with E-state index in [4.69, 9.17) is 5.26 Å². The first-order chi connectivity index (χ1) is 7.99. The highest BCUT2D eigenvalue weighted by atomic mass is 127. The number of halogens is 3. The van der Waals surface area contributed by atoms with Crippen LogP contribution in [0.1, 0.15) is 15.9 Å². The Morgan fingerprint density at radius 2 is 2.18 bits per heavy atom. The molecule has 0 radical (unpaired) electrons. The fourth-order valence-corrected chi connectivity index (χ4v) is 1.69. The maximum atomic E-state index is 12.1. The molecule has 0 aliphatic rings. The number of hydrogen-bond acceptors (Lipinski definition) is 4. The highest BCUT2D eigenvalue weighted by Crippen LogP contribution is 2.26. The van der Waals surface area contributed by atoms with Gasteiger partial charge < -0.3 is 9.47 Å². The number of carbonyl (C=O) groups is 1. The van der Waals surface area contributed by atoms with Crippen LogP contribution in [0.3, 0.4) is 0 Å². The van der Waals surface area contributed by atoms with E-state index >= 15 is 0 Å². The molecule has 90 valence electrons. The summed E-state index contributed by atoms with van der Waals surface area (Å²) < 4.78 is 33.4. The van der Waals surface area contributed by atoms with Crippen LogP contribution in [0.2, 0.25) is 0 Å². The van der Waals surface area contributed by atoms with Crippen LogP contribution in [0.25, 0.3) is 0 Å². The molecule has 1 aromatic carbocycles. The van der Waals surface area contributed by atoms with Crippen LogP contribution in [-0.4, -0.2) is 19.7 Å². The molecule has 0 bridgehead atoms. The summed E-state index contributed by atoms with van der Waals surface area (Å²) in [5, 5.41) is 8.75. The van der Waals surface area contributed by atoms with Crippen molar-refractivity contribution in [1.29, 1.82) is 5.26 Å². The largest absolute Gasteiger partial charge is 0.465 e.